The Labute approximate surface area is 123 Å². The van der Waals surface area contributed by atoms with Gasteiger partial charge in [0.05, 0.1) is 0 Å². The molecule has 1 aromatic carbocycles. The van der Waals surface area contributed by atoms with E-state index in [0.29, 0.717) is 13.2 Å². The molecule has 0 saturated carbocycles. The van der Waals surface area contributed by atoms with Gasteiger partial charge in [0, 0.05) is 6.07 Å². The fraction of sp³-hybridized carbons (Fsp3) is 0.444. The number of ether oxygens (including phenoxy) is 2. The highest BCUT2D eigenvalue weighted by Gasteiger charge is 2.00. The van der Waals surface area contributed by atoms with Crippen LogP contribution in [0.25, 0.3) is 0 Å². The third-order valence-corrected chi connectivity index (χ3v) is 3.42. The van der Waals surface area contributed by atoms with E-state index < -0.39 is 0 Å². The van der Waals surface area contributed by atoms with Crippen molar-refractivity contribution in [2.45, 2.75) is 41.5 Å². The number of allylic oxidation sites excluding steroid dienone is 2. The van der Waals surface area contributed by atoms with Crippen LogP contribution in [0.3, 0.4) is 0 Å². The first-order valence-electron chi connectivity index (χ1n) is 7.01. The van der Waals surface area contributed by atoms with Gasteiger partial charge in [-0.2, -0.15) is 0 Å². The van der Waals surface area contributed by atoms with Gasteiger partial charge in [0.1, 0.15) is 24.7 Å². The Bertz CT molecular complexity index is 459. The molecule has 1 aromatic rings. The number of hydrogen-bond acceptors (Lipinski definition) is 2. The van der Waals surface area contributed by atoms with E-state index in [1.807, 2.05) is 24.3 Å². The molecule has 0 heterocycles. The first-order valence-corrected chi connectivity index (χ1v) is 7.01. The van der Waals surface area contributed by atoms with Crippen molar-refractivity contribution in [1.29, 1.82) is 0 Å². The highest BCUT2D eigenvalue weighted by molar-refractivity contribution is 5.33. The maximum absolute atomic E-state index is 5.77. The van der Waals surface area contributed by atoms with Crippen LogP contribution in [0.1, 0.15) is 41.5 Å². The summed E-state index contributed by atoms with van der Waals surface area (Å²) in [4.78, 5) is 0. The summed E-state index contributed by atoms with van der Waals surface area (Å²) in [7, 11) is 0. The fourth-order valence-electron chi connectivity index (χ4n) is 1.33. The third kappa shape index (κ3) is 5.52. The van der Waals surface area contributed by atoms with Crippen molar-refractivity contribution in [3.63, 3.8) is 0 Å². The lowest BCUT2D eigenvalue weighted by molar-refractivity contribution is 0.333. The molecule has 0 aliphatic heterocycles. The zero-order chi connectivity index (χ0) is 15.1. The fourth-order valence-corrected chi connectivity index (χ4v) is 1.33. The molecule has 20 heavy (non-hydrogen) atoms. The average Bonchev–Trinajstić information content (AvgIpc) is 2.42. The Morgan fingerprint density at radius 1 is 0.750 bits per heavy atom. The molecule has 0 fully saturated rings. The summed E-state index contributed by atoms with van der Waals surface area (Å²) in [6, 6.07) is 7.81. The third-order valence-electron chi connectivity index (χ3n) is 3.42. The monoisotopic (exact) mass is 274 g/mol. The zero-order valence-electron chi connectivity index (χ0n) is 13.5. The second-order valence-corrected chi connectivity index (χ2v) is 5.61. The lowest BCUT2D eigenvalue weighted by atomic mass is 10.2. The quantitative estimate of drug-likeness (QED) is 0.667. The standard InChI is InChI=1S/C18H26O2/c1-13(2)15(5)11-19-17-8-7-9-18(10-17)20-12-16(6)14(3)4/h7-10H,11-12H2,1-6H3. The van der Waals surface area contributed by atoms with E-state index in [1.165, 1.54) is 22.3 Å². The largest absolute Gasteiger partial charge is 0.489 e. The Hall–Kier alpha value is -1.70. The van der Waals surface area contributed by atoms with Gasteiger partial charge in [-0.05, 0) is 64.8 Å². The second kappa shape index (κ2) is 7.78. The summed E-state index contributed by atoms with van der Waals surface area (Å²) < 4.78 is 11.5. The normalized spacial score (nSPS) is 9.90. The van der Waals surface area contributed by atoms with Crippen molar-refractivity contribution in [3.05, 3.63) is 46.6 Å². The molecule has 0 bridgehead atoms. The van der Waals surface area contributed by atoms with E-state index in [-0.39, 0.29) is 0 Å². The van der Waals surface area contributed by atoms with Crippen LogP contribution in [0.2, 0.25) is 0 Å². The minimum absolute atomic E-state index is 0.624. The summed E-state index contributed by atoms with van der Waals surface area (Å²) >= 11 is 0. The maximum atomic E-state index is 5.77. The van der Waals surface area contributed by atoms with E-state index >= 15 is 0 Å². The van der Waals surface area contributed by atoms with Crippen molar-refractivity contribution in [2.24, 2.45) is 0 Å². The molecule has 0 saturated heterocycles. The Morgan fingerprint density at radius 3 is 1.50 bits per heavy atom. The van der Waals surface area contributed by atoms with E-state index in [9.17, 15) is 0 Å². The van der Waals surface area contributed by atoms with E-state index in [4.69, 9.17) is 9.47 Å². The average molecular weight is 274 g/mol. The SMILES string of the molecule is CC(C)=C(C)COc1cccc(OCC(C)=C(C)C)c1. The van der Waals surface area contributed by atoms with Crippen LogP contribution < -0.4 is 9.47 Å². The zero-order valence-corrected chi connectivity index (χ0v) is 13.5. The lowest BCUT2D eigenvalue weighted by Gasteiger charge is -2.11. The summed E-state index contributed by atoms with van der Waals surface area (Å²) in [6.07, 6.45) is 0. The molecule has 110 valence electrons. The van der Waals surface area contributed by atoms with Gasteiger partial charge in [0.25, 0.3) is 0 Å². The number of rotatable bonds is 6. The molecule has 0 spiro atoms. The van der Waals surface area contributed by atoms with E-state index in [1.54, 1.807) is 0 Å². The molecule has 0 radical (unpaired) electrons. The van der Waals surface area contributed by atoms with Gasteiger partial charge in [-0.25, -0.2) is 0 Å². The highest BCUT2D eigenvalue weighted by atomic mass is 16.5. The van der Waals surface area contributed by atoms with Gasteiger partial charge in [0.15, 0.2) is 0 Å². The molecule has 1 rings (SSSR count). The molecule has 0 N–H and O–H groups in total. The molecule has 0 aliphatic carbocycles. The molecule has 2 nitrogen and oxygen atoms in total. The number of benzene rings is 1. The van der Waals surface area contributed by atoms with Gasteiger partial charge < -0.3 is 9.47 Å². The Kier molecular flexibility index (Phi) is 6.37. The molecule has 0 unspecified atom stereocenters. The predicted octanol–water partition coefficient (Wildman–Crippen LogP) is 5.16. The van der Waals surface area contributed by atoms with Crippen LogP contribution in [0.5, 0.6) is 11.5 Å². The van der Waals surface area contributed by atoms with Crippen LogP contribution in [0, 0.1) is 0 Å². The first kappa shape index (κ1) is 16.4. The minimum Gasteiger partial charge on any atom is -0.489 e. The lowest BCUT2D eigenvalue weighted by Crippen LogP contribution is -2.02. The van der Waals surface area contributed by atoms with Crippen molar-refractivity contribution < 1.29 is 9.47 Å². The maximum Gasteiger partial charge on any atom is 0.123 e. The molecule has 0 atom stereocenters. The minimum atomic E-state index is 0.624. The van der Waals surface area contributed by atoms with Gasteiger partial charge in [-0.1, -0.05) is 17.2 Å². The van der Waals surface area contributed by atoms with E-state index in [0.717, 1.165) is 11.5 Å². The van der Waals surface area contributed by atoms with Gasteiger partial charge in [0.2, 0.25) is 0 Å². The second-order valence-electron chi connectivity index (χ2n) is 5.61. The van der Waals surface area contributed by atoms with Crippen molar-refractivity contribution in [2.75, 3.05) is 13.2 Å². The summed E-state index contributed by atoms with van der Waals surface area (Å²) in [5.74, 6) is 1.69. The topological polar surface area (TPSA) is 18.5 Å². The van der Waals surface area contributed by atoms with Crippen LogP contribution in [0.4, 0.5) is 0 Å². The van der Waals surface area contributed by atoms with Gasteiger partial charge >= 0.3 is 0 Å². The smallest absolute Gasteiger partial charge is 0.123 e. The number of hydrogen-bond donors (Lipinski definition) is 0. The molecule has 0 aromatic heterocycles. The van der Waals surface area contributed by atoms with Crippen molar-refractivity contribution >= 4 is 0 Å². The van der Waals surface area contributed by atoms with Crippen molar-refractivity contribution in [3.8, 4) is 11.5 Å². The van der Waals surface area contributed by atoms with Crippen LogP contribution in [-0.2, 0) is 0 Å². The summed E-state index contributed by atoms with van der Waals surface area (Å²) in [5.41, 5.74) is 5.13. The van der Waals surface area contributed by atoms with E-state index in [2.05, 4.69) is 41.5 Å². The predicted molar refractivity (Wildman–Crippen MR) is 85.5 cm³/mol. The molecule has 0 amide bonds. The van der Waals surface area contributed by atoms with Gasteiger partial charge in [-0.15, -0.1) is 0 Å². The van der Waals surface area contributed by atoms with Gasteiger partial charge in [-0.3, -0.25) is 0 Å². The highest BCUT2D eigenvalue weighted by Crippen LogP contribution is 2.21. The molecular formula is C18H26O2. The Morgan fingerprint density at radius 2 is 1.15 bits per heavy atom. The molecule has 0 aliphatic rings. The Balaban J connectivity index is 2.62. The first-order chi connectivity index (χ1) is 9.40. The van der Waals surface area contributed by atoms with Crippen LogP contribution in [0.15, 0.2) is 46.6 Å². The molecule has 2 heteroatoms. The summed E-state index contributed by atoms with van der Waals surface area (Å²) in [5, 5.41) is 0. The van der Waals surface area contributed by atoms with Crippen LogP contribution >= 0.6 is 0 Å². The van der Waals surface area contributed by atoms with Crippen molar-refractivity contribution in [1.82, 2.24) is 0 Å². The summed E-state index contributed by atoms with van der Waals surface area (Å²) in [6.45, 7) is 13.8. The van der Waals surface area contributed by atoms with Crippen LogP contribution in [-0.4, -0.2) is 13.2 Å². The molecular weight excluding hydrogens is 248 g/mol.